The zero-order chi connectivity index (χ0) is 13.5. The SMILES string of the molecule is O=C(NC1(C(=O)O)CCC1)C1CCc2ccccc21. The first-order chi connectivity index (χ1) is 9.12. The quantitative estimate of drug-likeness (QED) is 0.870. The third-order valence-corrected chi connectivity index (χ3v) is 4.43. The minimum atomic E-state index is -1.01. The van der Waals surface area contributed by atoms with Crippen molar-refractivity contribution >= 4 is 11.9 Å². The molecule has 0 bridgehead atoms. The number of rotatable bonds is 3. The van der Waals surface area contributed by atoms with Crippen LogP contribution in [0.1, 0.15) is 42.7 Å². The maximum atomic E-state index is 12.3. The smallest absolute Gasteiger partial charge is 0.329 e. The van der Waals surface area contributed by atoms with Crippen molar-refractivity contribution in [1.29, 1.82) is 0 Å². The van der Waals surface area contributed by atoms with E-state index in [0.717, 1.165) is 24.8 Å². The number of carbonyl (C=O) groups excluding carboxylic acids is 1. The molecule has 0 spiro atoms. The van der Waals surface area contributed by atoms with Crippen molar-refractivity contribution in [3.8, 4) is 0 Å². The molecule has 1 fully saturated rings. The van der Waals surface area contributed by atoms with Gasteiger partial charge in [0.1, 0.15) is 5.54 Å². The molecule has 1 atom stereocenters. The molecule has 1 amide bonds. The van der Waals surface area contributed by atoms with Crippen LogP contribution in [0.3, 0.4) is 0 Å². The van der Waals surface area contributed by atoms with Crippen molar-refractivity contribution in [1.82, 2.24) is 5.32 Å². The number of hydrogen-bond acceptors (Lipinski definition) is 2. The molecule has 19 heavy (non-hydrogen) atoms. The summed E-state index contributed by atoms with van der Waals surface area (Å²) < 4.78 is 0. The summed E-state index contributed by atoms with van der Waals surface area (Å²) in [6, 6.07) is 7.92. The van der Waals surface area contributed by atoms with Gasteiger partial charge >= 0.3 is 5.97 Å². The highest BCUT2D eigenvalue weighted by Gasteiger charge is 2.47. The molecule has 1 aromatic rings. The van der Waals surface area contributed by atoms with Crippen molar-refractivity contribution in [3.05, 3.63) is 35.4 Å². The van der Waals surface area contributed by atoms with Gasteiger partial charge in [0.15, 0.2) is 0 Å². The van der Waals surface area contributed by atoms with Crippen LogP contribution in [-0.2, 0) is 16.0 Å². The summed E-state index contributed by atoms with van der Waals surface area (Å²) in [6.07, 6.45) is 3.63. The Morgan fingerprint density at radius 2 is 2.00 bits per heavy atom. The molecule has 4 heteroatoms. The van der Waals surface area contributed by atoms with Crippen molar-refractivity contribution in [2.24, 2.45) is 0 Å². The highest BCUT2D eigenvalue weighted by atomic mass is 16.4. The molecule has 3 rings (SSSR count). The minimum absolute atomic E-state index is 0.132. The summed E-state index contributed by atoms with van der Waals surface area (Å²) in [4.78, 5) is 23.6. The van der Waals surface area contributed by atoms with Crippen LogP contribution in [0.5, 0.6) is 0 Å². The number of carboxylic acids is 1. The molecule has 2 aliphatic carbocycles. The van der Waals surface area contributed by atoms with Gasteiger partial charge in [-0.15, -0.1) is 0 Å². The van der Waals surface area contributed by atoms with E-state index < -0.39 is 11.5 Å². The summed E-state index contributed by atoms with van der Waals surface area (Å²) in [5, 5.41) is 12.0. The lowest BCUT2D eigenvalue weighted by Crippen LogP contribution is -2.59. The Balaban J connectivity index is 1.77. The third kappa shape index (κ3) is 1.91. The number of amides is 1. The average molecular weight is 259 g/mol. The number of hydrogen-bond donors (Lipinski definition) is 2. The number of nitrogens with one attached hydrogen (secondary N) is 1. The summed E-state index contributed by atoms with van der Waals surface area (Å²) >= 11 is 0. The average Bonchev–Trinajstić information content (AvgIpc) is 2.77. The highest BCUT2D eigenvalue weighted by Crippen LogP contribution is 2.36. The van der Waals surface area contributed by atoms with Gasteiger partial charge in [0.2, 0.25) is 5.91 Å². The molecular formula is C15H17NO3. The van der Waals surface area contributed by atoms with Gasteiger partial charge < -0.3 is 10.4 Å². The fourth-order valence-corrected chi connectivity index (χ4v) is 3.08. The predicted octanol–water partition coefficient (Wildman–Crippen LogP) is 1.84. The number of carbonyl (C=O) groups is 2. The van der Waals surface area contributed by atoms with Crippen LogP contribution >= 0.6 is 0 Å². The molecule has 0 aliphatic heterocycles. The topological polar surface area (TPSA) is 66.4 Å². The lowest BCUT2D eigenvalue weighted by Gasteiger charge is -2.39. The Bertz CT molecular complexity index is 534. The van der Waals surface area contributed by atoms with Crippen LogP contribution in [0.4, 0.5) is 0 Å². The van der Waals surface area contributed by atoms with Crippen LogP contribution in [0.2, 0.25) is 0 Å². The highest BCUT2D eigenvalue weighted by molar-refractivity contribution is 5.91. The van der Waals surface area contributed by atoms with E-state index >= 15 is 0 Å². The van der Waals surface area contributed by atoms with Crippen molar-refractivity contribution in [2.75, 3.05) is 0 Å². The summed E-state index contributed by atoms with van der Waals surface area (Å²) in [6.45, 7) is 0. The standard InChI is InChI=1S/C15H17NO3/c17-13(16-15(14(18)19)8-3-9-15)12-7-6-10-4-1-2-5-11(10)12/h1-2,4-5,12H,3,6-9H2,(H,16,17)(H,18,19). The summed E-state index contributed by atoms with van der Waals surface area (Å²) in [7, 11) is 0. The van der Waals surface area contributed by atoms with Crippen LogP contribution in [0.15, 0.2) is 24.3 Å². The minimum Gasteiger partial charge on any atom is -0.480 e. The van der Waals surface area contributed by atoms with Gasteiger partial charge in [0, 0.05) is 0 Å². The normalized spacial score (nSPS) is 23.3. The van der Waals surface area contributed by atoms with E-state index in [-0.39, 0.29) is 11.8 Å². The maximum Gasteiger partial charge on any atom is 0.329 e. The Labute approximate surface area is 111 Å². The number of aryl methyl sites for hydroxylation is 1. The molecular weight excluding hydrogens is 242 g/mol. The van der Waals surface area contributed by atoms with Gasteiger partial charge in [-0.3, -0.25) is 4.79 Å². The second kappa shape index (κ2) is 4.37. The number of fused-ring (bicyclic) bond motifs is 1. The van der Waals surface area contributed by atoms with E-state index in [1.807, 2.05) is 24.3 Å². The molecule has 1 unspecified atom stereocenters. The van der Waals surface area contributed by atoms with E-state index in [4.69, 9.17) is 0 Å². The lowest BCUT2D eigenvalue weighted by atomic mass is 9.76. The number of aliphatic carboxylic acids is 1. The Hall–Kier alpha value is -1.84. The van der Waals surface area contributed by atoms with Crippen LogP contribution in [0, 0.1) is 0 Å². The fraction of sp³-hybridized carbons (Fsp3) is 0.467. The molecule has 0 heterocycles. The lowest BCUT2D eigenvalue weighted by molar-refractivity contribution is -0.152. The molecule has 0 radical (unpaired) electrons. The van der Waals surface area contributed by atoms with E-state index in [1.165, 1.54) is 5.56 Å². The predicted molar refractivity (Wildman–Crippen MR) is 69.9 cm³/mol. The Kier molecular flexibility index (Phi) is 2.81. The number of benzene rings is 1. The van der Waals surface area contributed by atoms with Gasteiger partial charge in [-0.1, -0.05) is 24.3 Å². The van der Waals surface area contributed by atoms with Gasteiger partial charge in [-0.05, 0) is 43.2 Å². The zero-order valence-corrected chi connectivity index (χ0v) is 10.7. The van der Waals surface area contributed by atoms with Gasteiger partial charge in [0.05, 0.1) is 5.92 Å². The van der Waals surface area contributed by atoms with E-state index in [9.17, 15) is 14.7 Å². The van der Waals surface area contributed by atoms with E-state index in [1.54, 1.807) is 0 Å². The largest absolute Gasteiger partial charge is 0.480 e. The van der Waals surface area contributed by atoms with Crippen molar-refractivity contribution in [3.63, 3.8) is 0 Å². The second-order valence-corrected chi connectivity index (χ2v) is 5.52. The number of carboxylic acid groups (broad SMARTS) is 1. The summed E-state index contributed by atoms with van der Waals surface area (Å²) in [5.74, 6) is -1.22. The van der Waals surface area contributed by atoms with Crippen molar-refractivity contribution < 1.29 is 14.7 Å². The monoisotopic (exact) mass is 259 g/mol. The van der Waals surface area contributed by atoms with E-state index in [2.05, 4.69) is 5.32 Å². The molecule has 4 nitrogen and oxygen atoms in total. The molecule has 2 aliphatic rings. The zero-order valence-electron chi connectivity index (χ0n) is 10.7. The molecule has 2 N–H and O–H groups in total. The Morgan fingerprint density at radius 3 is 2.63 bits per heavy atom. The van der Waals surface area contributed by atoms with Gasteiger partial charge in [-0.2, -0.15) is 0 Å². The van der Waals surface area contributed by atoms with Crippen molar-refractivity contribution in [2.45, 2.75) is 43.6 Å². The Morgan fingerprint density at radius 1 is 1.26 bits per heavy atom. The molecule has 0 saturated heterocycles. The first-order valence-electron chi connectivity index (χ1n) is 6.76. The maximum absolute atomic E-state index is 12.3. The van der Waals surface area contributed by atoms with Crippen LogP contribution < -0.4 is 5.32 Å². The molecule has 0 aromatic heterocycles. The van der Waals surface area contributed by atoms with E-state index in [0.29, 0.717) is 12.8 Å². The molecule has 100 valence electrons. The van der Waals surface area contributed by atoms with Crippen LogP contribution in [-0.4, -0.2) is 22.5 Å². The van der Waals surface area contributed by atoms with Gasteiger partial charge in [-0.25, -0.2) is 4.79 Å². The molecule has 1 saturated carbocycles. The fourth-order valence-electron chi connectivity index (χ4n) is 3.08. The second-order valence-electron chi connectivity index (χ2n) is 5.52. The first-order valence-corrected chi connectivity index (χ1v) is 6.76. The third-order valence-electron chi connectivity index (χ3n) is 4.43. The first kappa shape index (κ1) is 12.2. The van der Waals surface area contributed by atoms with Crippen LogP contribution in [0.25, 0.3) is 0 Å². The molecule has 1 aromatic carbocycles. The summed E-state index contributed by atoms with van der Waals surface area (Å²) in [5.41, 5.74) is 1.26. The van der Waals surface area contributed by atoms with Gasteiger partial charge in [0.25, 0.3) is 0 Å².